The van der Waals surface area contributed by atoms with Crippen LogP contribution >= 0.6 is 11.6 Å². The van der Waals surface area contributed by atoms with Crippen LogP contribution in [0.5, 0.6) is 5.75 Å². The van der Waals surface area contributed by atoms with Crippen molar-refractivity contribution in [2.24, 2.45) is 5.73 Å². The number of methoxy groups -OCH3 is 1. The normalized spacial score (nSPS) is 12.4. The molecule has 102 valence electrons. The van der Waals surface area contributed by atoms with E-state index < -0.39 is 0 Å². The fraction of sp³-hybridized carbons (Fsp3) is 0.571. The molecule has 1 aromatic carbocycles. The molecule has 0 spiro atoms. The summed E-state index contributed by atoms with van der Waals surface area (Å²) < 4.78 is 10.6. The summed E-state index contributed by atoms with van der Waals surface area (Å²) in [6, 6.07) is 5.73. The highest BCUT2D eigenvalue weighted by atomic mass is 35.5. The van der Waals surface area contributed by atoms with Gasteiger partial charge in [-0.2, -0.15) is 0 Å². The zero-order valence-electron chi connectivity index (χ0n) is 11.1. The van der Waals surface area contributed by atoms with Gasteiger partial charge in [0.25, 0.3) is 0 Å². The largest absolute Gasteiger partial charge is 0.496 e. The number of hydrogen-bond donors (Lipinski definition) is 1. The van der Waals surface area contributed by atoms with Crippen LogP contribution in [0.15, 0.2) is 18.2 Å². The second-order valence-corrected chi connectivity index (χ2v) is 4.70. The van der Waals surface area contributed by atoms with E-state index in [1.54, 1.807) is 7.11 Å². The van der Waals surface area contributed by atoms with E-state index in [2.05, 4.69) is 0 Å². The molecular formula is C14H22ClNO2. The Kier molecular flexibility index (Phi) is 7.09. The fourth-order valence-corrected chi connectivity index (χ4v) is 2.08. The first kappa shape index (κ1) is 15.3. The molecule has 1 rings (SSSR count). The molecule has 0 radical (unpaired) electrons. The van der Waals surface area contributed by atoms with Gasteiger partial charge in [-0.3, -0.25) is 0 Å². The third-order valence-corrected chi connectivity index (χ3v) is 3.03. The summed E-state index contributed by atoms with van der Waals surface area (Å²) in [4.78, 5) is 0. The van der Waals surface area contributed by atoms with Crippen molar-refractivity contribution in [1.29, 1.82) is 0 Å². The lowest BCUT2D eigenvalue weighted by Gasteiger charge is -2.14. The number of nitrogens with two attached hydrogens (primary N) is 1. The van der Waals surface area contributed by atoms with E-state index in [4.69, 9.17) is 26.8 Å². The van der Waals surface area contributed by atoms with Gasteiger partial charge in [0, 0.05) is 24.3 Å². The van der Waals surface area contributed by atoms with Gasteiger partial charge < -0.3 is 15.2 Å². The van der Waals surface area contributed by atoms with Gasteiger partial charge in [-0.25, -0.2) is 0 Å². The highest BCUT2D eigenvalue weighted by Crippen LogP contribution is 2.24. The maximum atomic E-state index is 6.11. The predicted octanol–water partition coefficient (Wildman–Crippen LogP) is 3.04. The van der Waals surface area contributed by atoms with Gasteiger partial charge in [-0.1, -0.05) is 11.6 Å². The fourth-order valence-electron chi connectivity index (χ4n) is 1.88. The molecule has 0 saturated carbocycles. The van der Waals surface area contributed by atoms with E-state index in [0.717, 1.165) is 43.8 Å². The molecule has 0 aromatic heterocycles. The zero-order chi connectivity index (χ0) is 13.4. The van der Waals surface area contributed by atoms with Crippen molar-refractivity contribution < 1.29 is 9.47 Å². The Balaban J connectivity index is 2.47. The predicted molar refractivity (Wildman–Crippen MR) is 75.4 cm³/mol. The molecule has 0 aliphatic carbocycles. The van der Waals surface area contributed by atoms with Crippen LogP contribution < -0.4 is 10.5 Å². The Bertz CT molecular complexity index is 358. The minimum atomic E-state index is 0.109. The second-order valence-electron chi connectivity index (χ2n) is 4.26. The summed E-state index contributed by atoms with van der Waals surface area (Å²) in [6.07, 6.45) is 2.70. The Hall–Kier alpha value is -0.770. The molecule has 0 saturated heterocycles. The van der Waals surface area contributed by atoms with Crippen molar-refractivity contribution in [2.45, 2.75) is 32.2 Å². The molecule has 4 heteroatoms. The molecule has 0 heterocycles. The van der Waals surface area contributed by atoms with Crippen molar-refractivity contribution in [3.8, 4) is 5.75 Å². The van der Waals surface area contributed by atoms with Gasteiger partial charge in [0.05, 0.1) is 7.11 Å². The van der Waals surface area contributed by atoms with Crippen LogP contribution in [0.25, 0.3) is 0 Å². The first-order valence-corrected chi connectivity index (χ1v) is 6.71. The Morgan fingerprint density at radius 1 is 1.39 bits per heavy atom. The number of benzene rings is 1. The Morgan fingerprint density at radius 3 is 2.83 bits per heavy atom. The van der Waals surface area contributed by atoms with Crippen molar-refractivity contribution in [2.75, 3.05) is 20.3 Å². The minimum Gasteiger partial charge on any atom is -0.496 e. The number of halogens is 1. The summed E-state index contributed by atoms with van der Waals surface area (Å²) in [6.45, 7) is 3.53. The van der Waals surface area contributed by atoms with Crippen LogP contribution in [0.3, 0.4) is 0 Å². The number of rotatable bonds is 8. The maximum absolute atomic E-state index is 6.11. The summed E-state index contributed by atoms with van der Waals surface area (Å²) >= 11 is 5.99. The average Bonchev–Trinajstić information content (AvgIpc) is 2.35. The molecule has 0 aliphatic rings. The van der Waals surface area contributed by atoms with Gasteiger partial charge in [0.1, 0.15) is 5.75 Å². The smallest absolute Gasteiger partial charge is 0.122 e. The van der Waals surface area contributed by atoms with Gasteiger partial charge in [0.2, 0.25) is 0 Å². The van der Waals surface area contributed by atoms with E-state index >= 15 is 0 Å². The van der Waals surface area contributed by atoms with Gasteiger partial charge >= 0.3 is 0 Å². The van der Waals surface area contributed by atoms with E-state index in [1.165, 1.54) is 0 Å². The van der Waals surface area contributed by atoms with Crippen molar-refractivity contribution in [3.05, 3.63) is 28.8 Å². The van der Waals surface area contributed by atoms with Gasteiger partial charge in [-0.05, 0) is 49.9 Å². The zero-order valence-corrected chi connectivity index (χ0v) is 11.9. The highest BCUT2D eigenvalue weighted by Gasteiger charge is 2.09. The molecule has 18 heavy (non-hydrogen) atoms. The third-order valence-electron chi connectivity index (χ3n) is 2.79. The molecule has 1 unspecified atom stereocenters. The van der Waals surface area contributed by atoms with Crippen LogP contribution in [-0.2, 0) is 11.2 Å². The van der Waals surface area contributed by atoms with Crippen LogP contribution in [0.4, 0.5) is 0 Å². The number of ether oxygens (including phenoxy) is 2. The topological polar surface area (TPSA) is 44.5 Å². The summed E-state index contributed by atoms with van der Waals surface area (Å²) in [5.74, 6) is 0.847. The molecular weight excluding hydrogens is 250 g/mol. The quantitative estimate of drug-likeness (QED) is 0.739. The molecule has 1 aromatic rings. The van der Waals surface area contributed by atoms with E-state index in [0.29, 0.717) is 5.02 Å². The molecule has 0 bridgehead atoms. The van der Waals surface area contributed by atoms with E-state index in [-0.39, 0.29) is 6.04 Å². The van der Waals surface area contributed by atoms with Gasteiger partial charge in [-0.15, -0.1) is 0 Å². The molecule has 3 nitrogen and oxygen atoms in total. The van der Waals surface area contributed by atoms with Crippen molar-refractivity contribution in [1.82, 2.24) is 0 Å². The van der Waals surface area contributed by atoms with Crippen LogP contribution in [-0.4, -0.2) is 26.4 Å². The van der Waals surface area contributed by atoms with E-state index in [9.17, 15) is 0 Å². The van der Waals surface area contributed by atoms with Gasteiger partial charge in [0.15, 0.2) is 0 Å². The first-order chi connectivity index (χ1) is 8.67. The monoisotopic (exact) mass is 271 g/mol. The lowest BCUT2D eigenvalue weighted by Crippen LogP contribution is -2.23. The molecule has 0 fully saturated rings. The van der Waals surface area contributed by atoms with Crippen LogP contribution in [0, 0.1) is 0 Å². The summed E-state index contributed by atoms with van der Waals surface area (Å²) in [7, 11) is 1.66. The summed E-state index contributed by atoms with van der Waals surface area (Å²) in [5.41, 5.74) is 7.17. The average molecular weight is 272 g/mol. The lowest BCUT2D eigenvalue weighted by atomic mass is 10.0. The van der Waals surface area contributed by atoms with Crippen LogP contribution in [0.2, 0.25) is 5.02 Å². The Morgan fingerprint density at radius 2 is 2.17 bits per heavy atom. The van der Waals surface area contributed by atoms with E-state index in [1.807, 2.05) is 25.1 Å². The maximum Gasteiger partial charge on any atom is 0.122 e. The molecule has 1 atom stereocenters. The third kappa shape index (κ3) is 5.25. The summed E-state index contributed by atoms with van der Waals surface area (Å²) in [5, 5.41) is 0.715. The van der Waals surface area contributed by atoms with Crippen molar-refractivity contribution in [3.63, 3.8) is 0 Å². The number of hydrogen-bond acceptors (Lipinski definition) is 3. The standard InChI is InChI=1S/C14H22ClNO2/c1-3-18-8-4-5-13(16)10-11-9-12(15)6-7-14(11)17-2/h6-7,9,13H,3-5,8,10,16H2,1-2H3. The van der Waals surface area contributed by atoms with Crippen molar-refractivity contribution >= 4 is 11.6 Å². The van der Waals surface area contributed by atoms with Crippen LogP contribution in [0.1, 0.15) is 25.3 Å². The second kappa shape index (κ2) is 8.35. The first-order valence-electron chi connectivity index (χ1n) is 6.33. The lowest BCUT2D eigenvalue weighted by molar-refractivity contribution is 0.142. The highest BCUT2D eigenvalue weighted by molar-refractivity contribution is 6.30. The minimum absolute atomic E-state index is 0.109. The molecule has 0 aliphatic heterocycles. The molecule has 2 N–H and O–H groups in total. The SMILES string of the molecule is CCOCCCC(N)Cc1cc(Cl)ccc1OC. The molecule has 0 amide bonds. The Labute approximate surface area is 114 Å².